The first-order chi connectivity index (χ1) is 13.6. The van der Waals surface area contributed by atoms with Crippen LogP contribution >= 0.6 is 0 Å². The molecule has 0 radical (unpaired) electrons. The van der Waals surface area contributed by atoms with Gasteiger partial charge in [-0.25, -0.2) is 0 Å². The van der Waals surface area contributed by atoms with E-state index in [-0.39, 0.29) is 11.7 Å². The Morgan fingerprint density at radius 2 is 1.54 bits per heavy atom. The van der Waals surface area contributed by atoms with E-state index in [0.717, 1.165) is 50.5 Å². The number of nitrogens with zero attached hydrogens (tertiary/aromatic N) is 2. The number of carbonyl (C=O) groups is 2. The molecule has 0 N–H and O–H groups in total. The van der Waals surface area contributed by atoms with Crippen molar-refractivity contribution in [1.82, 2.24) is 9.80 Å². The summed E-state index contributed by atoms with van der Waals surface area (Å²) in [7, 11) is 1.71. The van der Waals surface area contributed by atoms with E-state index < -0.39 is 0 Å². The van der Waals surface area contributed by atoms with Gasteiger partial charge in [0, 0.05) is 57.4 Å². The molecule has 148 valence electrons. The Morgan fingerprint density at radius 3 is 2.14 bits per heavy atom. The number of rotatable bonds is 7. The molecule has 0 spiro atoms. The number of ketones is 1. The predicted molar refractivity (Wildman–Crippen MR) is 111 cm³/mol. The van der Waals surface area contributed by atoms with Crippen molar-refractivity contribution >= 4 is 11.7 Å². The molecule has 0 aromatic heterocycles. The predicted octanol–water partition coefficient (Wildman–Crippen LogP) is 3.35. The number of methoxy groups -OCH3 is 1. The maximum Gasteiger partial charge on any atom is 0.253 e. The SMILES string of the molecule is CCC(=O)c1cccc(-c2cccc(C(=O)N3CCN(CCOC)CC3)c2)c1. The highest BCUT2D eigenvalue weighted by Crippen LogP contribution is 2.23. The maximum absolute atomic E-state index is 13.0. The highest BCUT2D eigenvalue weighted by atomic mass is 16.5. The van der Waals surface area contributed by atoms with Gasteiger partial charge in [-0.05, 0) is 29.3 Å². The van der Waals surface area contributed by atoms with Crippen molar-refractivity contribution in [3.05, 3.63) is 59.7 Å². The molecule has 1 fully saturated rings. The van der Waals surface area contributed by atoms with Crippen LogP contribution in [0.3, 0.4) is 0 Å². The third-order valence-electron chi connectivity index (χ3n) is 5.22. The van der Waals surface area contributed by atoms with Crippen LogP contribution in [0.4, 0.5) is 0 Å². The van der Waals surface area contributed by atoms with Crippen LogP contribution in [0, 0.1) is 0 Å². The lowest BCUT2D eigenvalue weighted by atomic mass is 9.99. The number of carbonyl (C=O) groups excluding carboxylic acids is 2. The molecule has 3 rings (SSSR count). The summed E-state index contributed by atoms with van der Waals surface area (Å²) in [6.07, 6.45) is 0.484. The second-order valence-corrected chi connectivity index (χ2v) is 7.06. The van der Waals surface area contributed by atoms with E-state index in [4.69, 9.17) is 4.74 Å². The van der Waals surface area contributed by atoms with E-state index >= 15 is 0 Å². The lowest BCUT2D eigenvalue weighted by Gasteiger charge is -2.34. The van der Waals surface area contributed by atoms with Crippen molar-refractivity contribution in [2.45, 2.75) is 13.3 Å². The summed E-state index contributed by atoms with van der Waals surface area (Å²) in [5, 5.41) is 0. The fourth-order valence-corrected chi connectivity index (χ4v) is 3.49. The quantitative estimate of drug-likeness (QED) is 0.691. The fraction of sp³-hybridized carbons (Fsp3) is 0.391. The van der Waals surface area contributed by atoms with Crippen LogP contribution in [-0.2, 0) is 4.74 Å². The van der Waals surface area contributed by atoms with Crippen molar-refractivity contribution in [3.63, 3.8) is 0 Å². The van der Waals surface area contributed by atoms with Gasteiger partial charge in [-0.3, -0.25) is 14.5 Å². The third-order valence-corrected chi connectivity index (χ3v) is 5.22. The number of ether oxygens (including phenoxy) is 1. The average molecular weight is 380 g/mol. The summed E-state index contributed by atoms with van der Waals surface area (Å²) in [6.45, 7) is 6.69. The molecule has 1 heterocycles. The van der Waals surface area contributed by atoms with E-state index in [1.807, 2.05) is 60.4 Å². The van der Waals surface area contributed by atoms with E-state index in [1.165, 1.54) is 0 Å². The molecule has 1 saturated heterocycles. The highest BCUT2D eigenvalue weighted by Gasteiger charge is 2.22. The number of benzene rings is 2. The minimum absolute atomic E-state index is 0.0639. The van der Waals surface area contributed by atoms with Gasteiger partial charge in [-0.15, -0.1) is 0 Å². The molecule has 0 atom stereocenters. The minimum atomic E-state index is 0.0639. The van der Waals surface area contributed by atoms with Gasteiger partial charge in [-0.2, -0.15) is 0 Å². The molecule has 2 aromatic rings. The average Bonchev–Trinajstić information content (AvgIpc) is 2.77. The number of amides is 1. The van der Waals surface area contributed by atoms with Crippen LogP contribution in [0.25, 0.3) is 11.1 Å². The molecule has 1 aliphatic rings. The van der Waals surface area contributed by atoms with Gasteiger partial charge in [0.25, 0.3) is 5.91 Å². The van der Waals surface area contributed by atoms with Gasteiger partial charge >= 0.3 is 0 Å². The Bertz CT molecular complexity index is 826. The first-order valence-corrected chi connectivity index (χ1v) is 9.86. The van der Waals surface area contributed by atoms with Crippen LogP contribution in [-0.4, -0.2) is 67.9 Å². The summed E-state index contributed by atoms with van der Waals surface area (Å²) in [5.41, 5.74) is 3.31. The zero-order valence-electron chi connectivity index (χ0n) is 16.7. The molecule has 5 nitrogen and oxygen atoms in total. The van der Waals surface area contributed by atoms with Crippen LogP contribution in [0.15, 0.2) is 48.5 Å². The Hall–Kier alpha value is -2.50. The van der Waals surface area contributed by atoms with Crippen LogP contribution < -0.4 is 0 Å². The van der Waals surface area contributed by atoms with Gasteiger partial charge < -0.3 is 9.64 Å². The summed E-state index contributed by atoms with van der Waals surface area (Å²) >= 11 is 0. The first kappa shape index (κ1) is 20.2. The minimum Gasteiger partial charge on any atom is -0.383 e. The van der Waals surface area contributed by atoms with Crippen molar-refractivity contribution < 1.29 is 14.3 Å². The molecule has 0 saturated carbocycles. The molecular weight excluding hydrogens is 352 g/mol. The second kappa shape index (κ2) is 9.62. The fourth-order valence-electron chi connectivity index (χ4n) is 3.49. The van der Waals surface area contributed by atoms with Crippen LogP contribution in [0.2, 0.25) is 0 Å². The van der Waals surface area contributed by atoms with E-state index in [1.54, 1.807) is 7.11 Å². The monoisotopic (exact) mass is 380 g/mol. The molecule has 28 heavy (non-hydrogen) atoms. The third kappa shape index (κ3) is 4.86. The number of Topliss-reactive ketones (excluding diaryl/α,β-unsaturated/α-hetero) is 1. The molecule has 0 aliphatic carbocycles. The molecular formula is C23H28N2O3. The normalized spacial score (nSPS) is 14.9. The van der Waals surface area contributed by atoms with Gasteiger partial charge in [0.2, 0.25) is 0 Å². The lowest BCUT2D eigenvalue weighted by molar-refractivity contribution is 0.0594. The molecule has 0 bridgehead atoms. The summed E-state index contributed by atoms with van der Waals surface area (Å²) < 4.78 is 5.13. The maximum atomic E-state index is 13.0. The molecule has 1 aliphatic heterocycles. The summed E-state index contributed by atoms with van der Waals surface area (Å²) in [6, 6.07) is 15.3. The van der Waals surface area contributed by atoms with Crippen molar-refractivity contribution in [2.75, 3.05) is 46.4 Å². The Kier molecular flexibility index (Phi) is 6.95. The standard InChI is InChI=1S/C23H28N2O3/c1-3-22(26)20-8-4-6-18(16-20)19-7-5-9-21(17-19)23(27)25-12-10-24(11-13-25)14-15-28-2/h4-9,16-17H,3,10-15H2,1-2H3. The molecule has 5 heteroatoms. The van der Waals surface area contributed by atoms with Gasteiger partial charge in [0.05, 0.1) is 6.61 Å². The summed E-state index contributed by atoms with van der Waals surface area (Å²) in [5.74, 6) is 0.189. The van der Waals surface area contributed by atoms with Crippen LogP contribution in [0.1, 0.15) is 34.1 Å². The van der Waals surface area contributed by atoms with E-state index in [0.29, 0.717) is 17.5 Å². The van der Waals surface area contributed by atoms with Crippen molar-refractivity contribution in [2.24, 2.45) is 0 Å². The van der Waals surface area contributed by atoms with E-state index in [9.17, 15) is 9.59 Å². The van der Waals surface area contributed by atoms with Gasteiger partial charge in [0.15, 0.2) is 5.78 Å². The number of hydrogen-bond acceptors (Lipinski definition) is 4. The molecule has 2 aromatic carbocycles. The molecule has 1 amide bonds. The van der Waals surface area contributed by atoms with E-state index in [2.05, 4.69) is 4.90 Å². The largest absolute Gasteiger partial charge is 0.383 e. The Morgan fingerprint density at radius 1 is 0.929 bits per heavy atom. The van der Waals surface area contributed by atoms with Crippen molar-refractivity contribution in [3.8, 4) is 11.1 Å². The summed E-state index contributed by atoms with van der Waals surface area (Å²) in [4.78, 5) is 29.2. The topological polar surface area (TPSA) is 49.9 Å². The van der Waals surface area contributed by atoms with Crippen LogP contribution in [0.5, 0.6) is 0 Å². The zero-order chi connectivity index (χ0) is 19.9. The lowest BCUT2D eigenvalue weighted by Crippen LogP contribution is -2.49. The highest BCUT2D eigenvalue weighted by molar-refractivity contribution is 5.98. The first-order valence-electron chi connectivity index (χ1n) is 9.86. The smallest absolute Gasteiger partial charge is 0.253 e. The number of piperazine rings is 1. The Balaban J connectivity index is 1.71. The van der Waals surface area contributed by atoms with Crippen molar-refractivity contribution in [1.29, 1.82) is 0 Å². The van der Waals surface area contributed by atoms with Gasteiger partial charge in [0.1, 0.15) is 0 Å². The zero-order valence-corrected chi connectivity index (χ0v) is 16.7. The second-order valence-electron chi connectivity index (χ2n) is 7.06. The van der Waals surface area contributed by atoms with Gasteiger partial charge in [-0.1, -0.05) is 37.3 Å². The molecule has 0 unspecified atom stereocenters. The number of hydrogen-bond donors (Lipinski definition) is 0. The Labute approximate surface area is 166 Å².